The predicted molar refractivity (Wildman–Crippen MR) is 111 cm³/mol. The van der Waals surface area contributed by atoms with Crippen molar-refractivity contribution in [1.29, 1.82) is 0 Å². The Kier molecular flexibility index (Phi) is 8.47. The van der Waals surface area contributed by atoms with E-state index in [0.717, 1.165) is 18.8 Å². The number of rotatable bonds is 6. The van der Waals surface area contributed by atoms with E-state index in [0.29, 0.717) is 12.5 Å². The Bertz CT molecular complexity index is 613. The molecule has 5 heteroatoms. The average Bonchev–Trinajstić information content (AvgIpc) is 2.53. The lowest BCUT2D eigenvalue weighted by molar-refractivity contribution is 0.813. The molecule has 124 valence electrons. The van der Waals surface area contributed by atoms with Gasteiger partial charge in [0.2, 0.25) is 0 Å². The molecule has 0 aliphatic rings. The van der Waals surface area contributed by atoms with Crippen LogP contribution in [0, 0.1) is 6.92 Å². The second-order valence-corrected chi connectivity index (χ2v) is 5.12. The van der Waals surface area contributed by atoms with Crippen LogP contribution in [0.2, 0.25) is 0 Å². The van der Waals surface area contributed by atoms with Crippen molar-refractivity contribution < 1.29 is 0 Å². The standard InChI is InChI=1S/C18H24N4.HI/c1-3-22(17-12-8-7-9-15(17)2)14-13-20-18(19)21-16-10-5-4-6-11-16;/h4-12H,3,13-14H2,1-2H3,(H3,19,20,21);1H. The van der Waals surface area contributed by atoms with Crippen molar-refractivity contribution >= 4 is 41.3 Å². The number of nitrogens with one attached hydrogen (secondary N) is 1. The largest absolute Gasteiger partial charge is 0.370 e. The molecule has 3 N–H and O–H groups in total. The van der Waals surface area contributed by atoms with Gasteiger partial charge < -0.3 is 16.0 Å². The highest BCUT2D eigenvalue weighted by Crippen LogP contribution is 2.18. The summed E-state index contributed by atoms with van der Waals surface area (Å²) in [5.41, 5.74) is 9.42. The summed E-state index contributed by atoms with van der Waals surface area (Å²) in [5.74, 6) is 0.451. The van der Waals surface area contributed by atoms with Crippen LogP contribution in [0.1, 0.15) is 12.5 Å². The van der Waals surface area contributed by atoms with Gasteiger partial charge in [0.1, 0.15) is 0 Å². The van der Waals surface area contributed by atoms with E-state index in [1.54, 1.807) is 0 Å². The van der Waals surface area contributed by atoms with E-state index in [1.807, 2.05) is 30.3 Å². The zero-order valence-electron chi connectivity index (χ0n) is 13.7. The number of guanidine groups is 1. The first-order valence-electron chi connectivity index (χ1n) is 7.63. The lowest BCUT2D eigenvalue weighted by atomic mass is 10.2. The molecule has 0 atom stereocenters. The van der Waals surface area contributed by atoms with Gasteiger partial charge in [-0.1, -0.05) is 36.4 Å². The molecule has 0 aromatic heterocycles. The third-order valence-corrected chi connectivity index (χ3v) is 3.54. The minimum absolute atomic E-state index is 0. The van der Waals surface area contributed by atoms with Crippen molar-refractivity contribution in [2.75, 3.05) is 29.9 Å². The van der Waals surface area contributed by atoms with Gasteiger partial charge in [0.15, 0.2) is 5.96 Å². The number of hydrogen-bond donors (Lipinski definition) is 2. The summed E-state index contributed by atoms with van der Waals surface area (Å²) in [7, 11) is 0. The van der Waals surface area contributed by atoms with E-state index >= 15 is 0 Å². The Morgan fingerprint density at radius 1 is 1.09 bits per heavy atom. The Morgan fingerprint density at radius 2 is 1.74 bits per heavy atom. The third kappa shape index (κ3) is 6.09. The first-order valence-corrected chi connectivity index (χ1v) is 7.63. The first kappa shape index (κ1) is 19.3. The Hall–Kier alpha value is -1.76. The fourth-order valence-corrected chi connectivity index (χ4v) is 2.37. The molecule has 0 aliphatic carbocycles. The minimum atomic E-state index is 0. The molecule has 0 bridgehead atoms. The van der Waals surface area contributed by atoms with Crippen molar-refractivity contribution in [3.63, 3.8) is 0 Å². The lowest BCUT2D eigenvalue weighted by Gasteiger charge is -2.24. The number of likely N-dealkylation sites (N-methyl/N-ethyl adjacent to an activating group) is 1. The summed E-state index contributed by atoms with van der Waals surface area (Å²) >= 11 is 0. The summed E-state index contributed by atoms with van der Waals surface area (Å²) in [4.78, 5) is 6.72. The maximum absolute atomic E-state index is 5.92. The van der Waals surface area contributed by atoms with Gasteiger partial charge >= 0.3 is 0 Å². The summed E-state index contributed by atoms with van der Waals surface area (Å²) in [6.45, 7) is 6.74. The van der Waals surface area contributed by atoms with Gasteiger partial charge in [-0.05, 0) is 37.6 Å². The second-order valence-electron chi connectivity index (χ2n) is 5.12. The van der Waals surface area contributed by atoms with Crippen LogP contribution in [0.5, 0.6) is 0 Å². The summed E-state index contributed by atoms with van der Waals surface area (Å²) in [6.07, 6.45) is 0. The highest BCUT2D eigenvalue weighted by atomic mass is 127. The molecular formula is C18H25IN4. The van der Waals surface area contributed by atoms with Gasteiger partial charge in [0.25, 0.3) is 0 Å². The molecule has 4 nitrogen and oxygen atoms in total. The highest BCUT2D eigenvalue weighted by molar-refractivity contribution is 14.0. The van der Waals surface area contributed by atoms with Crippen LogP contribution in [0.15, 0.2) is 59.6 Å². The number of halogens is 1. The predicted octanol–water partition coefficient (Wildman–Crippen LogP) is 3.87. The Balaban J connectivity index is 0.00000264. The molecular weight excluding hydrogens is 399 g/mol. The van der Waals surface area contributed by atoms with Crippen molar-refractivity contribution in [2.45, 2.75) is 13.8 Å². The van der Waals surface area contributed by atoms with Crippen molar-refractivity contribution in [3.05, 3.63) is 60.2 Å². The molecule has 0 saturated heterocycles. The van der Waals surface area contributed by atoms with Crippen LogP contribution in [-0.2, 0) is 0 Å². The smallest absolute Gasteiger partial charge is 0.193 e. The number of benzene rings is 2. The monoisotopic (exact) mass is 424 g/mol. The number of aliphatic imine (C=N–C) groups is 1. The normalized spacial score (nSPS) is 10.8. The fraction of sp³-hybridized carbons (Fsp3) is 0.278. The Labute approximate surface area is 155 Å². The first-order chi connectivity index (χ1) is 10.7. The maximum atomic E-state index is 5.92. The minimum Gasteiger partial charge on any atom is -0.370 e. The molecule has 2 aromatic rings. The van der Waals surface area contributed by atoms with E-state index < -0.39 is 0 Å². The van der Waals surface area contributed by atoms with E-state index in [4.69, 9.17) is 5.73 Å². The van der Waals surface area contributed by atoms with E-state index in [-0.39, 0.29) is 24.0 Å². The summed E-state index contributed by atoms with van der Waals surface area (Å²) in [5, 5.41) is 3.09. The third-order valence-electron chi connectivity index (χ3n) is 3.54. The number of nitrogens with two attached hydrogens (primary N) is 1. The van der Waals surface area contributed by atoms with Crippen molar-refractivity contribution in [1.82, 2.24) is 0 Å². The van der Waals surface area contributed by atoms with E-state index in [1.165, 1.54) is 11.3 Å². The number of anilines is 2. The molecule has 2 rings (SSSR count). The highest BCUT2D eigenvalue weighted by Gasteiger charge is 2.05. The summed E-state index contributed by atoms with van der Waals surface area (Å²) in [6, 6.07) is 18.2. The van der Waals surface area contributed by atoms with Crippen LogP contribution >= 0.6 is 24.0 Å². The molecule has 0 spiro atoms. The molecule has 0 radical (unpaired) electrons. The van der Waals surface area contributed by atoms with E-state index in [2.05, 4.69) is 53.3 Å². The van der Waals surface area contributed by atoms with Gasteiger partial charge in [-0.3, -0.25) is 4.99 Å². The zero-order valence-corrected chi connectivity index (χ0v) is 16.0. The fourth-order valence-electron chi connectivity index (χ4n) is 2.37. The number of hydrogen-bond acceptors (Lipinski definition) is 2. The Morgan fingerprint density at radius 3 is 2.39 bits per heavy atom. The van der Waals surface area contributed by atoms with Crippen molar-refractivity contribution in [3.8, 4) is 0 Å². The molecule has 0 heterocycles. The second kappa shape index (κ2) is 10.1. The molecule has 2 aromatic carbocycles. The average molecular weight is 424 g/mol. The zero-order chi connectivity index (χ0) is 15.8. The van der Waals surface area contributed by atoms with Crippen molar-refractivity contribution in [2.24, 2.45) is 10.7 Å². The van der Waals surface area contributed by atoms with Crippen LogP contribution < -0.4 is 16.0 Å². The lowest BCUT2D eigenvalue weighted by Crippen LogP contribution is -2.28. The molecule has 0 fully saturated rings. The quantitative estimate of drug-likeness (QED) is 0.421. The number of nitrogens with zero attached hydrogens (tertiary/aromatic N) is 2. The van der Waals surface area contributed by atoms with Crippen LogP contribution in [0.3, 0.4) is 0 Å². The van der Waals surface area contributed by atoms with Gasteiger partial charge in [0, 0.05) is 24.5 Å². The molecule has 0 aliphatic heterocycles. The summed E-state index contributed by atoms with van der Waals surface area (Å²) < 4.78 is 0. The van der Waals surface area contributed by atoms with Gasteiger partial charge in [-0.15, -0.1) is 24.0 Å². The molecule has 0 amide bonds. The molecule has 0 saturated carbocycles. The van der Waals surface area contributed by atoms with Gasteiger partial charge in [-0.25, -0.2) is 0 Å². The van der Waals surface area contributed by atoms with Crippen LogP contribution in [0.25, 0.3) is 0 Å². The van der Waals surface area contributed by atoms with Gasteiger partial charge in [0.05, 0.1) is 6.54 Å². The van der Waals surface area contributed by atoms with Gasteiger partial charge in [-0.2, -0.15) is 0 Å². The van der Waals surface area contributed by atoms with E-state index in [9.17, 15) is 0 Å². The number of para-hydroxylation sites is 2. The maximum Gasteiger partial charge on any atom is 0.193 e. The SMILES string of the molecule is CCN(CCN=C(N)Nc1ccccc1)c1ccccc1C.I. The molecule has 23 heavy (non-hydrogen) atoms. The van der Waals surface area contributed by atoms with Crippen LogP contribution in [-0.4, -0.2) is 25.6 Å². The van der Waals surface area contributed by atoms with Crippen LogP contribution in [0.4, 0.5) is 11.4 Å². The molecule has 0 unspecified atom stereocenters. The topological polar surface area (TPSA) is 53.6 Å². The number of aryl methyl sites for hydroxylation is 1.